The summed E-state index contributed by atoms with van der Waals surface area (Å²) in [7, 11) is 0. The van der Waals surface area contributed by atoms with Crippen molar-refractivity contribution in [3.05, 3.63) is 76.1 Å². The molecule has 0 unspecified atom stereocenters. The Morgan fingerprint density at radius 2 is 1.96 bits per heavy atom. The van der Waals surface area contributed by atoms with E-state index in [1.54, 1.807) is 18.2 Å². The fourth-order valence-corrected chi connectivity index (χ4v) is 2.25. The number of carbonyl (C=O) groups is 1. The second-order valence-electron chi connectivity index (χ2n) is 5.54. The van der Waals surface area contributed by atoms with Gasteiger partial charge in [0.2, 0.25) is 0 Å². The van der Waals surface area contributed by atoms with Gasteiger partial charge in [-0.2, -0.15) is 5.10 Å². The lowest BCUT2D eigenvalue weighted by molar-refractivity contribution is -0.123. The zero-order valence-electron chi connectivity index (χ0n) is 13.7. The van der Waals surface area contributed by atoms with Gasteiger partial charge in [-0.25, -0.2) is 5.43 Å². The predicted octanol–water partition coefficient (Wildman–Crippen LogP) is 2.37. The third kappa shape index (κ3) is 4.32. The Balaban J connectivity index is 1.59. The van der Waals surface area contributed by atoms with Gasteiger partial charge in [0.25, 0.3) is 11.5 Å². The van der Waals surface area contributed by atoms with Crippen molar-refractivity contribution in [1.82, 2.24) is 10.4 Å². The van der Waals surface area contributed by atoms with Crippen LogP contribution in [0, 0.1) is 6.92 Å². The van der Waals surface area contributed by atoms with Gasteiger partial charge in [0.1, 0.15) is 5.75 Å². The zero-order chi connectivity index (χ0) is 17.6. The van der Waals surface area contributed by atoms with E-state index in [0.717, 1.165) is 16.5 Å². The topological polar surface area (TPSA) is 83.5 Å². The molecule has 0 spiro atoms. The van der Waals surface area contributed by atoms with Gasteiger partial charge in [-0.05, 0) is 36.6 Å². The molecule has 25 heavy (non-hydrogen) atoms. The molecule has 1 heterocycles. The molecule has 6 heteroatoms. The van der Waals surface area contributed by atoms with Crippen LogP contribution in [0.5, 0.6) is 5.75 Å². The Morgan fingerprint density at radius 3 is 2.76 bits per heavy atom. The molecule has 0 saturated carbocycles. The lowest BCUT2D eigenvalue weighted by Crippen LogP contribution is -2.25. The number of pyridine rings is 1. The van der Waals surface area contributed by atoms with Crippen molar-refractivity contribution in [2.24, 2.45) is 5.10 Å². The summed E-state index contributed by atoms with van der Waals surface area (Å²) >= 11 is 0. The van der Waals surface area contributed by atoms with Gasteiger partial charge in [0, 0.05) is 5.52 Å². The van der Waals surface area contributed by atoms with Crippen LogP contribution in [0.3, 0.4) is 0 Å². The number of aryl methyl sites for hydroxylation is 1. The first-order valence-corrected chi connectivity index (χ1v) is 7.75. The maximum Gasteiger partial charge on any atom is 0.277 e. The molecule has 0 fully saturated rings. The van der Waals surface area contributed by atoms with Crippen LogP contribution in [0.4, 0.5) is 0 Å². The van der Waals surface area contributed by atoms with Gasteiger partial charge >= 0.3 is 0 Å². The summed E-state index contributed by atoms with van der Waals surface area (Å²) in [6, 6.07) is 16.5. The molecule has 0 aliphatic heterocycles. The third-order valence-electron chi connectivity index (χ3n) is 3.57. The van der Waals surface area contributed by atoms with Gasteiger partial charge in [-0.1, -0.05) is 35.9 Å². The number of fused-ring (bicyclic) bond motifs is 1. The second-order valence-corrected chi connectivity index (χ2v) is 5.54. The van der Waals surface area contributed by atoms with Gasteiger partial charge < -0.3 is 9.72 Å². The largest absolute Gasteiger partial charge is 0.484 e. The number of rotatable bonds is 5. The smallest absolute Gasteiger partial charge is 0.277 e. The van der Waals surface area contributed by atoms with Crippen LogP contribution in [0.15, 0.2) is 64.5 Å². The van der Waals surface area contributed by atoms with Crippen molar-refractivity contribution in [2.45, 2.75) is 6.92 Å². The van der Waals surface area contributed by atoms with E-state index in [1.165, 1.54) is 6.21 Å². The highest BCUT2D eigenvalue weighted by atomic mass is 16.5. The highest BCUT2D eigenvalue weighted by Crippen LogP contribution is 2.11. The van der Waals surface area contributed by atoms with Gasteiger partial charge in [-0.3, -0.25) is 9.59 Å². The van der Waals surface area contributed by atoms with E-state index in [1.807, 2.05) is 43.3 Å². The normalized spacial score (nSPS) is 10.9. The van der Waals surface area contributed by atoms with E-state index in [4.69, 9.17) is 4.74 Å². The van der Waals surface area contributed by atoms with E-state index in [-0.39, 0.29) is 12.2 Å². The van der Waals surface area contributed by atoms with Crippen LogP contribution < -0.4 is 15.7 Å². The van der Waals surface area contributed by atoms with Gasteiger partial charge in [0.15, 0.2) is 6.61 Å². The number of hydrogen-bond acceptors (Lipinski definition) is 4. The summed E-state index contributed by atoms with van der Waals surface area (Å²) in [5.41, 5.74) is 4.29. The number of para-hydroxylation sites is 1. The molecule has 0 aliphatic carbocycles. The molecule has 0 radical (unpaired) electrons. The molecule has 3 rings (SSSR count). The molecular formula is C19H17N3O3. The van der Waals surface area contributed by atoms with E-state index in [0.29, 0.717) is 11.3 Å². The van der Waals surface area contributed by atoms with Crippen molar-refractivity contribution in [3.63, 3.8) is 0 Å². The van der Waals surface area contributed by atoms with Crippen LogP contribution in [0.25, 0.3) is 10.9 Å². The highest BCUT2D eigenvalue weighted by molar-refractivity contribution is 5.88. The highest BCUT2D eigenvalue weighted by Gasteiger charge is 2.03. The summed E-state index contributed by atoms with van der Waals surface area (Å²) in [6.07, 6.45) is 1.31. The average molecular weight is 335 g/mol. The van der Waals surface area contributed by atoms with Crippen molar-refractivity contribution in [1.29, 1.82) is 0 Å². The molecule has 0 bridgehead atoms. The number of aromatic nitrogens is 1. The second kappa shape index (κ2) is 7.44. The Morgan fingerprint density at radius 1 is 1.20 bits per heavy atom. The lowest BCUT2D eigenvalue weighted by atomic mass is 10.2. The number of hydrogen-bond donors (Lipinski definition) is 2. The van der Waals surface area contributed by atoms with Crippen LogP contribution in [-0.2, 0) is 4.79 Å². The zero-order valence-corrected chi connectivity index (χ0v) is 13.7. The molecular weight excluding hydrogens is 318 g/mol. The quantitative estimate of drug-likeness (QED) is 0.554. The van der Waals surface area contributed by atoms with E-state index in [2.05, 4.69) is 15.5 Å². The van der Waals surface area contributed by atoms with Gasteiger partial charge in [-0.15, -0.1) is 0 Å². The number of hydrazone groups is 1. The first-order valence-electron chi connectivity index (χ1n) is 7.75. The summed E-state index contributed by atoms with van der Waals surface area (Å²) in [5.74, 6) is 0.199. The molecule has 2 aromatic carbocycles. The fraction of sp³-hybridized carbons (Fsp3) is 0.105. The number of benzene rings is 2. The molecule has 0 atom stereocenters. The first-order chi connectivity index (χ1) is 12.1. The van der Waals surface area contributed by atoms with Crippen molar-refractivity contribution in [2.75, 3.05) is 6.61 Å². The molecule has 3 aromatic rings. The molecule has 1 amide bonds. The molecule has 1 aromatic heterocycles. The van der Waals surface area contributed by atoms with Crippen LogP contribution in [0.2, 0.25) is 0 Å². The third-order valence-corrected chi connectivity index (χ3v) is 3.57. The summed E-state index contributed by atoms with van der Waals surface area (Å²) < 4.78 is 5.35. The predicted molar refractivity (Wildman–Crippen MR) is 97.0 cm³/mol. The van der Waals surface area contributed by atoms with Crippen LogP contribution in [-0.4, -0.2) is 23.7 Å². The maximum atomic E-state index is 12.0. The molecule has 126 valence electrons. The summed E-state index contributed by atoms with van der Waals surface area (Å²) in [6.45, 7) is 1.81. The number of H-pyrrole nitrogens is 1. The van der Waals surface area contributed by atoms with E-state index in [9.17, 15) is 9.59 Å². The number of nitrogens with zero attached hydrogens (tertiary/aromatic N) is 1. The number of carbonyl (C=O) groups excluding carboxylic acids is 1. The number of ether oxygens (including phenoxy) is 1. The Kier molecular flexibility index (Phi) is 4.89. The maximum absolute atomic E-state index is 12.0. The lowest BCUT2D eigenvalue weighted by Gasteiger charge is -2.05. The van der Waals surface area contributed by atoms with Crippen LogP contribution >= 0.6 is 0 Å². The molecule has 0 aliphatic rings. The monoisotopic (exact) mass is 335 g/mol. The van der Waals surface area contributed by atoms with Crippen molar-refractivity contribution in [3.8, 4) is 5.75 Å². The molecule has 2 N–H and O–H groups in total. The number of nitrogens with one attached hydrogen (secondary N) is 2. The standard InChI is InChI=1S/C19H17N3O3/c1-13-6-8-16(9-7-13)25-12-18(23)22-20-11-15-10-14-4-2-3-5-17(14)21-19(15)24/h2-11H,12H2,1H3,(H,21,24)(H,22,23)/b20-11+. The van der Waals surface area contributed by atoms with E-state index < -0.39 is 5.91 Å². The Labute approximate surface area is 144 Å². The Hall–Kier alpha value is -3.41. The first kappa shape index (κ1) is 16.4. The minimum Gasteiger partial charge on any atom is -0.484 e. The SMILES string of the molecule is Cc1ccc(OCC(=O)N/N=C/c2cc3ccccc3[nH]c2=O)cc1. The summed E-state index contributed by atoms with van der Waals surface area (Å²) in [5, 5.41) is 4.70. The van der Waals surface area contributed by atoms with E-state index >= 15 is 0 Å². The minimum atomic E-state index is -0.408. The van der Waals surface area contributed by atoms with Crippen molar-refractivity contribution >= 4 is 23.0 Å². The van der Waals surface area contributed by atoms with Crippen molar-refractivity contribution < 1.29 is 9.53 Å². The number of aromatic amines is 1. The summed E-state index contributed by atoms with van der Waals surface area (Å²) in [4.78, 5) is 26.5. The fourth-order valence-electron chi connectivity index (χ4n) is 2.25. The molecule has 6 nitrogen and oxygen atoms in total. The van der Waals surface area contributed by atoms with Gasteiger partial charge in [0.05, 0.1) is 11.8 Å². The average Bonchev–Trinajstić information content (AvgIpc) is 2.61. The minimum absolute atomic E-state index is 0.158. The van der Waals surface area contributed by atoms with Crippen LogP contribution in [0.1, 0.15) is 11.1 Å². The number of amides is 1. The Bertz CT molecular complexity index is 975. The molecule has 0 saturated heterocycles.